The maximum atomic E-state index is 13.9. The Morgan fingerprint density at radius 2 is 2.19 bits per heavy atom. The summed E-state index contributed by atoms with van der Waals surface area (Å²) >= 11 is 0. The van der Waals surface area contributed by atoms with Crippen LogP contribution in [0.4, 0.5) is 4.39 Å². The average Bonchev–Trinajstić information content (AvgIpc) is 3.07. The van der Waals surface area contributed by atoms with E-state index in [1.165, 1.54) is 11.6 Å². The fourth-order valence-corrected chi connectivity index (χ4v) is 3.29. The topological polar surface area (TPSA) is 29.3 Å². The summed E-state index contributed by atoms with van der Waals surface area (Å²) in [7, 11) is 0. The van der Waals surface area contributed by atoms with E-state index in [1.807, 2.05) is 19.1 Å². The van der Waals surface area contributed by atoms with Crippen LogP contribution in [0.3, 0.4) is 0 Å². The maximum absolute atomic E-state index is 13.9. The molecule has 1 aliphatic heterocycles. The number of halogens is 1. The molecule has 1 saturated heterocycles. The van der Waals surface area contributed by atoms with Crippen molar-refractivity contribution in [3.63, 3.8) is 0 Å². The van der Waals surface area contributed by atoms with Crippen molar-refractivity contribution < 1.29 is 8.91 Å². The van der Waals surface area contributed by atoms with Gasteiger partial charge in [-0.3, -0.25) is 4.90 Å². The Hall–Kier alpha value is -1.68. The zero-order chi connectivity index (χ0) is 14.8. The summed E-state index contributed by atoms with van der Waals surface area (Å²) in [5.41, 5.74) is 2.94. The van der Waals surface area contributed by atoms with E-state index in [1.54, 1.807) is 6.07 Å². The molecule has 2 heterocycles. The lowest BCUT2D eigenvalue weighted by atomic mass is 10.0. The second-order valence-corrected chi connectivity index (χ2v) is 5.68. The molecule has 21 heavy (non-hydrogen) atoms. The van der Waals surface area contributed by atoms with E-state index in [0.29, 0.717) is 12.6 Å². The Balaban J connectivity index is 1.86. The molecule has 112 valence electrons. The van der Waals surface area contributed by atoms with Crippen molar-refractivity contribution in [3.05, 3.63) is 52.7 Å². The van der Waals surface area contributed by atoms with Crippen molar-refractivity contribution >= 4 is 0 Å². The first-order valence-corrected chi connectivity index (χ1v) is 7.63. The van der Waals surface area contributed by atoms with Crippen molar-refractivity contribution in [2.45, 2.75) is 45.7 Å². The first-order valence-electron chi connectivity index (χ1n) is 7.63. The molecule has 0 aliphatic carbocycles. The van der Waals surface area contributed by atoms with Gasteiger partial charge in [0.15, 0.2) is 0 Å². The second-order valence-electron chi connectivity index (χ2n) is 5.68. The van der Waals surface area contributed by atoms with E-state index in [-0.39, 0.29) is 5.82 Å². The monoisotopic (exact) mass is 288 g/mol. The Morgan fingerprint density at radius 1 is 1.38 bits per heavy atom. The molecule has 0 saturated carbocycles. The van der Waals surface area contributed by atoms with Crippen molar-refractivity contribution in [3.8, 4) is 0 Å². The van der Waals surface area contributed by atoms with Gasteiger partial charge < -0.3 is 4.52 Å². The average molecular weight is 288 g/mol. The van der Waals surface area contributed by atoms with E-state index in [4.69, 9.17) is 4.52 Å². The molecule has 0 N–H and O–H groups in total. The fourth-order valence-electron chi connectivity index (χ4n) is 3.29. The van der Waals surface area contributed by atoms with Crippen LogP contribution in [-0.2, 0) is 13.0 Å². The SMILES string of the molecule is CCc1onc(C)c1C1CCCN1Cc1ccccc1F. The lowest BCUT2D eigenvalue weighted by Crippen LogP contribution is -2.24. The molecule has 1 aromatic carbocycles. The normalized spacial score (nSPS) is 19.3. The molecule has 1 aromatic heterocycles. The quantitative estimate of drug-likeness (QED) is 0.851. The highest BCUT2D eigenvalue weighted by molar-refractivity contribution is 5.28. The third-order valence-electron chi connectivity index (χ3n) is 4.33. The first-order chi connectivity index (χ1) is 10.2. The molecular weight excluding hydrogens is 267 g/mol. The number of nitrogens with zero attached hydrogens (tertiary/aromatic N) is 2. The predicted molar refractivity (Wildman–Crippen MR) is 79.4 cm³/mol. The van der Waals surface area contributed by atoms with Crippen molar-refractivity contribution in [2.24, 2.45) is 0 Å². The number of likely N-dealkylation sites (tertiary alicyclic amines) is 1. The van der Waals surface area contributed by atoms with Gasteiger partial charge in [-0.05, 0) is 32.4 Å². The molecule has 3 nitrogen and oxygen atoms in total. The molecule has 1 aliphatic rings. The van der Waals surface area contributed by atoms with Crippen molar-refractivity contribution in [1.29, 1.82) is 0 Å². The summed E-state index contributed by atoms with van der Waals surface area (Å²) in [5, 5.41) is 4.12. The van der Waals surface area contributed by atoms with Gasteiger partial charge in [0.05, 0.1) is 5.69 Å². The molecule has 1 atom stereocenters. The summed E-state index contributed by atoms with van der Waals surface area (Å²) in [6, 6.07) is 7.32. The molecule has 1 fully saturated rings. The lowest BCUT2D eigenvalue weighted by molar-refractivity contribution is 0.241. The van der Waals surface area contributed by atoms with Crippen LogP contribution in [0, 0.1) is 12.7 Å². The van der Waals surface area contributed by atoms with Gasteiger partial charge in [0.1, 0.15) is 11.6 Å². The van der Waals surface area contributed by atoms with Gasteiger partial charge in [0.2, 0.25) is 0 Å². The van der Waals surface area contributed by atoms with Crippen LogP contribution < -0.4 is 0 Å². The largest absolute Gasteiger partial charge is 0.361 e. The first kappa shape index (κ1) is 14.3. The van der Waals surface area contributed by atoms with Crippen LogP contribution >= 0.6 is 0 Å². The minimum atomic E-state index is -0.124. The molecule has 4 heteroatoms. The van der Waals surface area contributed by atoms with Gasteiger partial charge in [0.25, 0.3) is 0 Å². The highest BCUT2D eigenvalue weighted by atomic mass is 19.1. The maximum Gasteiger partial charge on any atom is 0.141 e. The zero-order valence-corrected chi connectivity index (χ0v) is 12.6. The molecule has 1 unspecified atom stereocenters. The van der Waals surface area contributed by atoms with E-state index in [9.17, 15) is 4.39 Å². The number of benzene rings is 1. The summed E-state index contributed by atoms with van der Waals surface area (Å²) in [5.74, 6) is 0.846. The zero-order valence-electron chi connectivity index (χ0n) is 12.6. The molecular formula is C17H21FN2O. The number of aromatic nitrogens is 1. The second kappa shape index (κ2) is 5.98. The van der Waals surface area contributed by atoms with Crippen molar-refractivity contribution in [1.82, 2.24) is 10.1 Å². The van der Waals surface area contributed by atoms with Crippen LogP contribution in [0.15, 0.2) is 28.8 Å². The minimum absolute atomic E-state index is 0.124. The number of aryl methyl sites for hydroxylation is 2. The highest BCUT2D eigenvalue weighted by Gasteiger charge is 2.31. The summed E-state index contributed by atoms with van der Waals surface area (Å²) in [6.45, 7) is 5.72. The van der Waals surface area contributed by atoms with Gasteiger partial charge in [-0.1, -0.05) is 30.3 Å². The predicted octanol–water partition coefficient (Wildman–Crippen LogP) is 4.02. The van der Waals surface area contributed by atoms with E-state index in [2.05, 4.69) is 17.0 Å². The smallest absolute Gasteiger partial charge is 0.141 e. The van der Waals surface area contributed by atoms with Gasteiger partial charge in [-0.25, -0.2) is 4.39 Å². The van der Waals surface area contributed by atoms with Crippen LogP contribution in [0.2, 0.25) is 0 Å². The number of rotatable bonds is 4. The summed E-state index contributed by atoms with van der Waals surface area (Å²) < 4.78 is 19.3. The highest BCUT2D eigenvalue weighted by Crippen LogP contribution is 2.37. The molecule has 0 amide bonds. The standard InChI is InChI=1S/C17H21FN2O/c1-3-16-17(12(2)19-21-16)15-9-6-10-20(15)11-13-7-4-5-8-14(13)18/h4-5,7-8,15H,3,6,9-11H2,1-2H3. The minimum Gasteiger partial charge on any atom is -0.361 e. The van der Waals surface area contributed by atoms with Crippen LogP contribution in [-0.4, -0.2) is 16.6 Å². The van der Waals surface area contributed by atoms with Gasteiger partial charge in [0, 0.05) is 30.1 Å². The Labute approximate surface area is 124 Å². The van der Waals surface area contributed by atoms with E-state index in [0.717, 1.165) is 42.8 Å². The third-order valence-corrected chi connectivity index (χ3v) is 4.33. The van der Waals surface area contributed by atoms with Gasteiger partial charge >= 0.3 is 0 Å². The molecule has 0 radical (unpaired) electrons. The third kappa shape index (κ3) is 2.72. The lowest BCUT2D eigenvalue weighted by Gasteiger charge is -2.25. The van der Waals surface area contributed by atoms with Crippen molar-refractivity contribution in [2.75, 3.05) is 6.54 Å². The summed E-state index contributed by atoms with van der Waals surface area (Å²) in [6.07, 6.45) is 3.07. The van der Waals surface area contributed by atoms with E-state index < -0.39 is 0 Å². The Bertz CT molecular complexity index is 623. The molecule has 0 spiro atoms. The van der Waals surface area contributed by atoms with Gasteiger partial charge in [-0.2, -0.15) is 0 Å². The van der Waals surface area contributed by atoms with Crippen LogP contribution in [0.5, 0.6) is 0 Å². The number of hydrogen-bond donors (Lipinski definition) is 0. The molecule has 3 rings (SSSR count). The summed E-state index contributed by atoms with van der Waals surface area (Å²) in [4.78, 5) is 2.34. The molecule has 2 aromatic rings. The Kier molecular flexibility index (Phi) is 4.06. The number of hydrogen-bond acceptors (Lipinski definition) is 3. The van der Waals surface area contributed by atoms with Gasteiger partial charge in [-0.15, -0.1) is 0 Å². The Morgan fingerprint density at radius 3 is 2.95 bits per heavy atom. The molecule has 0 bridgehead atoms. The fraction of sp³-hybridized carbons (Fsp3) is 0.471. The van der Waals surface area contributed by atoms with Crippen LogP contribution in [0.25, 0.3) is 0 Å². The van der Waals surface area contributed by atoms with E-state index >= 15 is 0 Å². The van der Waals surface area contributed by atoms with Crippen LogP contribution in [0.1, 0.15) is 48.4 Å².